The van der Waals surface area contributed by atoms with Crippen LogP contribution in [-0.2, 0) is 21.4 Å². The van der Waals surface area contributed by atoms with E-state index in [1.807, 2.05) is 0 Å². The van der Waals surface area contributed by atoms with Gasteiger partial charge in [-0.3, -0.25) is 4.79 Å². The Labute approximate surface area is 174 Å². The lowest BCUT2D eigenvalue weighted by molar-refractivity contribution is -0.121. The number of furan rings is 1. The highest BCUT2D eigenvalue weighted by atomic mass is 32.2. The van der Waals surface area contributed by atoms with Gasteiger partial charge in [-0.25, -0.2) is 13.8 Å². The predicted octanol–water partition coefficient (Wildman–Crippen LogP) is 2.63. The maximum Gasteiger partial charge on any atom is 0.255 e. The number of methoxy groups -OCH3 is 1. The van der Waals surface area contributed by atoms with E-state index in [0.29, 0.717) is 11.5 Å². The third-order valence-electron chi connectivity index (χ3n) is 4.13. The van der Waals surface area contributed by atoms with E-state index in [-0.39, 0.29) is 11.4 Å². The molecule has 0 aliphatic rings. The molecule has 1 amide bonds. The largest absolute Gasteiger partial charge is 0.497 e. The maximum atomic E-state index is 13.0. The zero-order valence-electron chi connectivity index (χ0n) is 16.3. The molecule has 0 spiro atoms. The first kappa shape index (κ1) is 21.3. The van der Waals surface area contributed by atoms with Crippen molar-refractivity contribution in [3.63, 3.8) is 0 Å². The molecule has 0 saturated carbocycles. The highest BCUT2D eigenvalue weighted by Crippen LogP contribution is 2.18. The van der Waals surface area contributed by atoms with E-state index in [4.69, 9.17) is 9.15 Å². The van der Waals surface area contributed by atoms with Crippen molar-refractivity contribution in [2.45, 2.75) is 11.4 Å². The minimum atomic E-state index is -3.91. The second kappa shape index (κ2) is 9.86. The molecule has 0 bridgehead atoms. The Morgan fingerprint density at radius 1 is 1.10 bits per heavy atom. The summed E-state index contributed by atoms with van der Waals surface area (Å²) in [5, 5.41) is 3.89. The second-order valence-electron chi connectivity index (χ2n) is 6.23. The molecule has 3 aromatic rings. The van der Waals surface area contributed by atoms with Crippen molar-refractivity contribution in [2.75, 3.05) is 13.7 Å². The number of ether oxygens (including phenoxy) is 1. The van der Waals surface area contributed by atoms with E-state index in [1.165, 1.54) is 24.6 Å². The number of carbonyl (C=O) groups excluding carboxylic acids is 1. The first-order valence-electron chi connectivity index (χ1n) is 9.02. The van der Waals surface area contributed by atoms with Crippen molar-refractivity contribution in [2.24, 2.45) is 5.10 Å². The van der Waals surface area contributed by atoms with Crippen molar-refractivity contribution in [1.29, 1.82) is 0 Å². The Morgan fingerprint density at radius 3 is 2.47 bits per heavy atom. The molecule has 0 aliphatic carbocycles. The summed E-state index contributed by atoms with van der Waals surface area (Å²) in [5.41, 5.74) is 3.11. The zero-order valence-corrected chi connectivity index (χ0v) is 17.1. The number of rotatable bonds is 9. The molecule has 0 fully saturated rings. The Hall–Kier alpha value is -3.43. The number of nitrogens with one attached hydrogen (secondary N) is 1. The molecule has 30 heavy (non-hydrogen) atoms. The summed E-state index contributed by atoms with van der Waals surface area (Å²) < 4.78 is 37.4. The highest BCUT2D eigenvalue weighted by molar-refractivity contribution is 7.89. The maximum absolute atomic E-state index is 13.0. The molecular weight excluding hydrogens is 406 g/mol. The average Bonchev–Trinajstić information content (AvgIpc) is 3.27. The van der Waals surface area contributed by atoms with Crippen LogP contribution in [0.4, 0.5) is 0 Å². The number of hydrogen-bond acceptors (Lipinski definition) is 6. The summed E-state index contributed by atoms with van der Waals surface area (Å²) in [5.74, 6) is 0.547. The fourth-order valence-electron chi connectivity index (χ4n) is 2.61. The predicted molar refractivity (Wildman–Crippen MR) is 111 cm³/mol. The van der Waals surface area contributed by atoms with Crippen LogP contribution in [0.15, 0.2) is 87.4 Å². The fraction of sp³-hybridized carbons (Fsp3) is 0.143. The van der Waals surface area contributed by atoms with Crippen LogP contribution in [0.3, 0.4) is 0 Å². The minimum absolute atomic E-state index is 0.0835. The van der Waals surface area contributed by atoms with Gasteiger partial charge in [0.15, 0.2) is 0 Å². The van der Waals surface area contributed by atoms with Crippen LogP contribution >= 0.6 is 0 Å². The molecule has 156 valence electrons. The van der Waals surface area contributed by atoms with Crippen LogP contribution < -0.4 is 10.2 Å². The number of hydrogen-bond donors (Lipinski definition) is 1. The van der Waals surface area contributed by atoms with Crippen LogP contribution in [0.2, 0.25) is 0 Å². The van der Waals surface area contributed by atoms with Crippen LogP contribution in [-0.4, -0.2) is 38.5 Å². The lowest BCUT2D eigenvalue weighted by atomic mass is 10.2. The lowest BCUT2D eigenvalue weighted by Crippen LogP contribution is -2.38. The molecule has 1 N–H and O–H groups in total. The average molecular weight is 427 g/mol. The molecule has 0 atom stereocenters. The van der Waals surface area contributed by atoms with Gasteiger partial charge in [0, 0.05) is 0 Å². The zero-order chi connectivity index (χ0) is 21.4. The first-order chi connectivity index (χ1) is 14.5. The third kappa shape index (κ3) is 5.56. The van der Waals surface area contributed by atoms with Gasteiger partial charge < -0.3 is 9.15 Å². The smallest absolute Gasteiger partial charge is 0.255 e. The van der Waals surface area contributed by atoms with Gasteiger partial charge in [0.05, 0.1) is 37.6 Å². The summed E-state index contributed by atoms with van der Waals surface area (Å²) in [6.45, 7) is -0.502. The number of nitrogens with zero attached hydrogens (tertiary/aromatic N) is 2. The molecule has 9 heteroatoms. The van der Waals surface area contributed by atoms with Crippen molar-refractivity contribution in [3.8, 4) is 5.75 Å². The number of hydrazone groups is 1. The van der Waals surface area contributed by atoms with Gasteiger partial charge >= 0.3 is 0 Å². The van der Waals surface area contributed by atoms with Crippen LogP contribution in [0.5, 0.6) is 5.75 Å². The summed E-state index contributed by atoms with van der Waals surface area (Å²) in [6.07, 6.45) is 2.90. The molecule has 8 nitrogen and oxygen atoms in total. The molecule has 1 aromatic heterocycles. The second-order valence-corrected chi connectivity index (χ2v) is 8.17. The Morgan fingerprint density at radius 2 is 1.83 bits per heavy atom. The molecule has 0 radical (unpaired) electrons. The van der Waals surface area contributed by atoms with Gasteiger partial charge in [0.25, 0.3) is 5.91 Å². The summed E-state index contributed by atoms with van der Waals surface area (Å²) in [7, 11) is -2.34. The van der Waals surface area contributed by atoms with Crippen molar-refractivity contribution in [1.82, 2.24) is 9.73 Å². The van der Waals surface area contributed by atoms with E-state index in [0.717, 1.165) is 9.87 Å². The lowest BCUT2D eigenvalue weighted by Gasteiger charge is -2.20. The van der Waals surface area contributed by atoms with E-state index < -0.39 is 22.5 Å². The van der Waals surface area contributed by atoms with Gasteiger partial charge in [-0.1, -0.05) is 18.2 Å². The monoisotopic (exact) mass is 427 g/mol. The number of sulfonamides is 1. The van der Waals surface area contributed by atoms with E-state index >= 15 is 0 Å². The summed E-state index contributed by atoms with van der Waals surface area (Å²) >= 11 is 0. The number of amides is 1. The van der Waals surface area contributed by atoms with Crippen LogP contribution in [0, 0.1) is 0 Å². The normalized spacial score (nSPS) is 11.7. The molecule has 3 rings (SSSR count). The van der Waals surface area contributed by atoms with E-state index in [1.54, 1.807) is 61.7 Å². The summed E-state index contributed by atoms with van der Waals surface area (Å²) in [4.78, 5) is 12.5. The Kier molecular flexibility index (Phi) is 6.99. The molecule has 0 aliphatic heterocycles. The molecule has 0 saturated heterocycles. The number of carbonyl (C=O) groups is 1. The Bertz CT molecular complexity index is 1080. The Balaban J connectivity index is 1.70. The minimum Gasteiger partial charge on any atom is -0.497 e. The van der Waals surface area contributed by atoms with Gasteiger partial charge in [0.2, 0.25) is 10.0 Å². The van der Waals surface area contributed by atoms with Crippen molar-refractivity contribution < 1.29 is 22.4 Å². The van der Waals surface area contributed by atoms with Gasteiger partial charge in [-0.05, 0) is 54.1 Å². The van der Waals surface area contributed by atoms with Crippen molar-refractivity contribution >= 4 is 22.1 Å². The first-order valence-corrected chi connectivity index (χ1v) is 10.5. The molecular formula is C21H21N3O5S. The quantitative estimate of drug-likeness (QED) is 0.418. The van der Waals surface area contributed by atoms with Gasteiger partial charge in [-0.15, -0.1) is 0 Å². The SMILES string of the molecule is COc1ccc(/C=N/NC(=O)CN(Cc2ccco2)S(=O)(=O)c2ccccc2)cc1. The van der Waals surface area contributed by atoms with Gasteiger partial charge in [0.1, 0.15) is 11.5 Å². The summed E-state index contributed by atoms with van der Waals surface area (Å²) in [6, 6.07) is 18.3. The molecule has 2 aromatic carbocycles. The third-order valence-corrected chi connectivity index (χ3v) is 5.94. The van der Waals surface area contributed by atoms with Crippen LogP contribution in [0.1, 0.15) is 11.3 Å². The fourth-order valence-corrected chi connectivity index (χ4v) is 3.99. The van der Waals surface area contributed by atoms with E-state index in [2.05, 4.69) is 10.5 Å². The number of benzene rings is 2. The van der Waals surface area contributed by atoms with Gasteiger partial charge in [-0.2, -0.15) is 9.41 Å². The molecule has 0 unspecified atom stereocenters. The standard InChI is InChI=1S/C21H21N3O5S/c1-28-18-11-9-17(10-12-18)14-22-23-21(25)16-24(15-19-6-5-13-29-19)30(26,27)20-7-3-2-4-8-20/h2-14H,15-16H2,1H3,(H,23,25)/b22-14+. The van der Waals surface area contributed by atoms with E-state index in [9.17, 15) is 13.2 Å². The highest BCUT2D eigenvalue weighted by Gasteiger charge is 2.27. The topological polar surface area (TPSA) is 101 Å². The van der Waals surface area contributed by atoms with Crippen LogP contribution in [0.25, 0.3) is 0 Å². The molecule has 1 heterocycles. The van der Waals surface area contributed by atoms with Crippen molar-refractivity contribution in [3.05, 3.63) is 84.3 Å².